The number of aromatic nitrogens is 2. The molecule has 1 aromatic heterocycles. The van der Waals surface area contributed by atoms with Crippen molar-refractivity contribution in [2.45, 2.75) is 0 Å². The number of benzene rings is 1. The fraction of sp³-hybridized carbons (Fsp3) is 0. The number of halogens is 3. The highest BCUT2D eigenvalue weighted by atomic mass is 79.9. The Hall–Kier alpha value is -0.840. The zero-order chi connectivity index (χ0) is 11.7. The molecule has 82 valence electrons. The fourth-order valence-corrected chi connectivity index (χ4v) is 2.04. The fourth-order valence-electron chi connectivity index (χ4n) is 1.26. The predicted octanol–water partition coefficient (Wildman–Crippen LogP) is 3.80. The Kier molecular flexibility index (Phi) is 3.33. The highest BCUT2D eigenvalue weighted by Crippen LogP contribution is 2.32. The molecule has 0 saturated carbocycles. The van der Waals surface area contributed by atoms with Gasteiger partial charge in [-0.3, -0.25) is 0 Å². The molecule has 0 atom stereocenters. The van der Waals surface area contributed by atoms with Crippen molar-refractivity contribution in [2.75, 3.05) is 5.73 Å². The van der Waals surface area contributed by atoms with Crippen LogP contribution in [0.5, 0.6) is 0 Å². The van der Waals surface area contributed by atoms with E-state index in [-0.39, 0.29) is 11.1 Å². The summed E-state index contributed by atoms with van der Waals surface area (Å²) in [6.07, 6.45) is 0. The summed E-state index contributed by atoms with van der Waals surface area (Å²) in [7, 11) is 0. The standard InChI is InChI=1S/C10H6BrCl2N3/c11-7-8(15-10(14)16-9(7)13)5-2-1-3-6(12)4-5/h1-4H,(H2,14,15,16). The number of nitrogens with zero attached hydrogens (tertiary/aromatic N) is 2. The second-order valence-electron chi connectivity index (χ2n) is 3.05. The maximum Gasteiger partial charge on any atom is 0.222 e. The Bertz CT molecular complexity index is 546. The number of anilines is 1. The molecule has 3 nitrogen and oxygen atoms in total. The summed E-state index contributed by atoms with van der Waals surface area (Å²) in [5.74, 6) is 0.128. The van der Waals surface area contributed by atoms with E-state index in [0.29, 0.717) is 15.2 Å². The maximum atomic E-state index is 5.90. The van der Waals surface area contributed by atoms with E-state index >= 15 is 0 Å². The summed E-state index contributed by atoms with van der Waals surface area (Å²) in [5.41, 5.74) is 7.00. The second kappa shape index (κ2) is 4.57. The molecule has 0 radical (unpaired) electrons. The van der Waals surface area contributed by atoms with E-state index in [0.717, 1.165) is 5.56 Å². The van der Waals surface area contributed by atoms with Crippen LogP contribution in [0.2, 0.25) is 10.2 Å². The SMILES string of the molecule is Nc1nc(Cl)c(Br)c(-c2cccc(Cl)c2)n1. The summed E-state index contributed by atoms with van der Waals surface area (Å²) in [6.45, 7) is 0. The van der Waals surface area contributed by atoms with Crippen molar-refractivity contribution in [1.82, 2.24) is 9.97 Å². The molecule has 0 amide bonds. The summed E-state index contributed by atoms with van der Waals surface area (Å²) in [6, 6.07) is 7.26. The molecule has 0 aliphatic rings. The van der Waals surface area contributed by atoms with E-state index in [4.69, 9.17) is 28.9 Å². The van der Waals surface area contributed by atoms with Crippen molar-refractivity contribution >= 4 is 45.1 Å². The highest BCUT2D eigenvalue weighted by molar-refractivity contribution is 9.10. The minimum atomic E-state index is 0.128. The lowest BCUT2D eigenvalue weighted by molar-refractivity contribution is 1.17. The molecule has 0 bridgehead atoms. The van der Waals surface area contributed by atoms with Crippen molar-refractivity contribution in [2.24, 2.45) is 0 Å². The first-order chi connectivity index (χ1) is 7.58. The van der Waals surface area contributed by atoms with E-state index in [1.807, 2.05) is 12.1 Å². The van der Waals surface area contributed by atoms with E-state index in [2.05, 4.69) is 25.9 Å². The zero-order valence-corrected chi connectivity index (χ0v) is 11.0. The Morgan fingerprint density at radius 2 is 1.94 bits per heavy atom. The van der Waals surface area contributed by atoms with Gasteiger partial charge in [-0.15, -0.1) is 0 Å². The van der Waals surface area contributed by atoms with Crippen LogP contribution in [0, 0.1) is 0 Å². The average Bonchev–Trinajstić information content (AvgIpc) is 2.23. The molecule has 2 aromatic rings. The van der Waals surface area contributed by atoms with Crippen molar-refractivity contribution in [3.8, 4) is 11.3 Å². The van der Waals surface area contributed by atoms with Gasteiger partial charge in [0.2, 0.25) is 5.95 Å². The number of hydrogen-bond acceptors (Lipinski definition) is 3. The van der Waals surface area contributed by atoms with Gasteiger partial charge in [0.1, 0.15) is 5.15 Å². The quantitative estimate of drug-likeness (QED) is 0.814. The molecule has 0 aliphatic carbocycles. The molecule has 0 spiro atoms. The molecule has 2 rings (SSSR count). The smallest absolute Gasteiger partial charge is 0.222 e. The van der Waals surface area contributed by atoms with Crippen LogP contribution in [0.1, 0.15) is 0 Å². The van der Waals surface area contributed by atoms with Gasteiger partial charge in [0.05, 0.1) is 10.2 Å². The average molecular weight is 319 g/mol. The largest absolute Gasteiger partial charge is 0.368 e. The molecule has 0 saturated heterocycles. The highest BCUT2D eigenvalue weighted by Gasteiger charge is 2.11. The normalized spacial score (nSPS) is 10.4. The zero-order valence-electron chi connectivity index (χ0n) is 7.92. The lowest BCUT2D eigenvalue weighted by atomic mass is 10.1. The van der Waals surface area contributed by atoms with Crippen LogP contribution in [0.15, 0.2) is 28.7 Å². The number of rotatable bonds is 1. The topological polar surface area (TPSA) is 51.8 Å². The first-order valence-electron chi connectivity index (χ1n) is 4.32. The van der Waals surface area contributed by atoms with E-state index in [1.165, 1.54) is 0 Å². The molecule has 1 heterocycles. The monoisotopic (exact) mass is 317 g/mol. The molecule has 16 heavy (non-hydrogen) atoms. The van der Waals surface area contributed by atoms with Crippen LogP contribution < -0.4 is 5.73 Å². The molecule has 6 heteroatoms. The molecule has 0 fully saturated rings. The van der Waals surface area contributed by atoms with E-state index in [9.17, 15) is 0 Å². The third kappa shape index (κ3) is 2.29. The Morgan fingerprint density at radius 1 is 1.19 bits per heavy atom. The second-order valence-corrected chi connectivity index (χ2v) is 4.63. The van der Waals surface area contributed by atoms with Crippen LogP contribution in [0.4, 0.5) is 5.95 Å². The van der Waals surface area contributed by atoms with Gasteiger partial charge in [-0.1, -0.05) is 35.3 Å². The van der Waals surface area contributed by atoms with Crippen LogP contribution in [-0.2, 0) is 0 Å². The van der Waals surface area contributed by atoms with Gasteiger partial charge in [-0.2, -0.15) is 0 Å². The summed E-state index contributed by atoms with van der Waals surface area (Å²) in [4.78, 5) is 7.96. The van der Waals surface area contributed by atoms with Crippen LogP contribution >= 0.6 is 39.1 Å². The Balaban J connectivity index is 2.64. The predicted molar refractivity (Wildman–Crippen MR) is 69.6 cm³/mol. The molecule has 1 aromatic carbocycles. The first kappa shape index (κ1) is 11.6. The van der Waals surface area contributed by atoms with Gasteiger partial charge >= 0.3 is 0 Å². The van der Waals surface area contributed by atoms with Crippen molar-refractivity contribution in [3.63, 3.8) is 0 Å². The van der Waals surface area contributed by atoms with Crippen LogP contribution in [0.25, 0.3) is 11.3 Å². The third-order valence-electron chi connectivity index (χ3n) is 1.93. The van der Waals surface area contributed by atoms with Gasteiger partial charge in [-0.25, -0.2) is 9.97 Å². The van der Waals surface area contributed by atoms with Gasteiger partial charge < -0.3 is 5.73 Å². The van der Waals surface area contributed by atoms with Gasteiger partial charge in [0.25, 0.3) is 0 Å². The third-order valence-corrected chi connectivity index (χ3v) is 3.41. The first-order valence-corrected chi connectivity index (χ1v) is 5.87. The van der Waals surface area contributed by atoms with E-state index in [1.54, 1.807) is 12.1 Å². The van der Waals surface area contributed by atoms with Crippen LogP contribution in [-0.4, -0.2) is 9.97 Å². The lowest BCUT2D eigenvalue weighted by Gasteiger charge is -2.06. The number of nitrogen functional groups attached to an aromatic ring is 1. The Morgan fingerprint density at radius 3 is 2.62 bits per heavy atom. The summed E-state index contributed by atoms with van der Waals surface area (Å²) >= 11 is 15.1. The Labute approximate surface area is 111 Å². The minimum Gasteiger partial charge on any atom is -0.368 e. The summed E-state index contributed by atoms with van der Waals surface area (Å²) < 4.78 is 0.602. The lowest BCUT2D eigenvalue weighted by Crippen LogP contribution is -1.98. The van der Waals surface area contributed by atoms with Crippen molar-refractivity contribution < 1.29 is 0 Å². The number of hydrogen-bond donors (Lipinski definition) is 1. The summed E-state index contributed by atoms with van der Waals surface area (Å²) in [5, 5.41) is 0.903. The van der Waals surface area contributed by atoms with Crippen molar-refractivity contribution in [1.29, 1.82) is 0 Å². The maximum absolute atomic E-state index is 5.90. The van der Waals surface area contributed by atoms with Gasteiger partial charge in [-0.05, 0) is 28.1 Å². The van der Waals surface area contributed by atoms with E-state index < -0.39 is 0 Å². The van der Waals surface area contributed by atoms with Gasteiger partial charge in [0.15, 0.2) is 0 Å². The molecule has 2 N–H and O–H groups in total. The number of nitrogens with two attached hydrogens (primary N) is 1. The molecule has 0 unspecified atom stereocenters. The molecular formula is C10H6BrCl2N3. The van der Waals surface area contributed by atoms with Crippen LogP contribution in [0.3, 0.4) is 0 Å². The van der Waals surface area contributed by atoms with Crippen molar-refractivity contribution in [3.05, 3.63) is 38.9 Å². The molecular weight excluding hydrogens is 313 g/mol. The van der Waals surface area contributed by atoms with Gasteiger partial charge in [0, 0.05) is 10.6 Å². The minimum absolute atomic E-state index is 0.128. The molecule has 0 aliphatic heterocycles.